The normalized spacial score (nSPS) is 18.6. The van der Waals surface area contributed by atoms with Crippen LogP contribution >= 0.6 is 0 Å². The summed E-state index contributed by atoms with van der Waals surface area (Å²) in [5, 5.41) is 6.28. The van der Waals surface area contributed by atoms with E-state index in [1.807, 2.05) is 12.1 Å². The van der Waals surface area contributed by atoms with Crippen molar-refractivity contribution < 1.29 is 4.79 Å². The Labute approximate surface area is 111 Å². The summed E-state index contributed by atoms with van der Waals surface area (Å²) < 4.78 is 0. The Balaban J connectivity index is 1.77. The van der Waals surface area contributed by atoms with E-state index in [4.69, 9.17) is 0 Å². The van der Waals surface area contributed by atoms with Crippen LogP contribution in [0.5, 0.6) is 0 Å². The number of rotatable bonds is 3. The Hall–Kier alpha value is -2.01. The SMILES string of the molecule is O=C(NCC1CCNC1)c1cccc2nccnc12. The zero-order chi connectivity index (χ0) is 13.1. The highest BCUT2D eigenvalue weighted by molar-refractivity contribution is 6.04. The minimum atomic E-state index is -0.0713. The van der Waals surface area contributed by atoms with Gasteiger partial charge in [0.05, 0.1) is 11.1 Å². The van der Waals surface area contributed by atoms with E-state index in [0.29, 0.717) is 23.5 Å². The molecule has 0 saturated carbocycles. The second-order valence-electron chi connectivity index (χ2n) is 4.80. The van der Waals surface area contributed by atoms with Gasteiger partial charge in [-0.25, -0.2) is 0 Å². The Kier molecular flexibility index (Phi) is 3.37. The molecule has 1 atom stereocenters. The molecule has 1 aliphatic heterocycles. The largest absolute Gasteiger partial charge is 0.352 e. The molecule has 5 nitrogen and oxygen atoms in total. The average Bonchev–Trinajstić information content (AvgIpc) is 2.97. The third-order valence-corrected chi connectivity index (χ3v) is 3.46. The topological polar surface area (TPSA) is 66.9 Å². The second kappa shape index (κ2) is 5.32. The molecule has 0 aliphatic carbocycles. The summed E-state index contributed by atoms with van der Waals surface area (Å²) in [4.78, 5) is 20.7. The number of fused-ring (bicyclic) bond motifs is 1. The van der Waals surface area contributed by atoms with Crippen molar-refractivity contribution in [3.05, 3.63) is 36.2 Å². The van der Waals surface area contributed by atoms with Gasteiger partial charge in [-0.2, -0.15) is 0 Å². The molecule has 2 aromatic rings. The van der Waals surface area contributed by atoms with Gasteiger partial charge in [-0.15, -0.1) is 0 Å². The van der Waals surface area contributed by atoms with Crippen LogP contribution in [0, 0.1) is 5.92 Å². The number of nitrogens with one attached hydrogen (secondary N) is 2. The first kappa shape index (κ1) is 12.0. The summed E-state index contributed by atoms with van der Waals surface area (Å²) >= 11 is 0. The number of carbonyl (C=O) groups excluding carboxylic acids is 1. The molecule has 2 heterocycles. The molecule has 1 aromatic carbocycles. The molecule has 1 amide bonds. The molecule has 1 fully saturated rings. The van der Waals surface area contributed by atoms with Gasteiger partial charge in [-0.1, -0.05) is 6.07 Å². The fourth-order valence-electron chi connectivity index (χ4n) is 2.40. The van der Waals surface area contributed by atoms with Gasteiger partial charge in [-0.3, -0.25) is 14.8 Å². The maximum absolute atomic E-state index is 12.2. The van der Waals surface area contributed by atoms with Gasteiger partial charge in [-0.05, 0) is 37.6 Å². The first-order valence-corrected chi connectivity index (χ1v) is 6.53. The number of amides is 1. The van der Waals surface area contributed by atoms with E-state index in [1.54, 1.807) is 18.5 Å². The number of para-hydroxylation sites is 1. The number of aromatic nitrogens is 2. The van der Waals surface area contributed by atoms with E-state index in [2.05, 4.69) is 20.6 Å². The molecule has 0 bridgehead atoms. The zero-order valence-corrected chi connectivity index (χ0v) is 10.6. The van der Waals surface area contributed by atoms with Gasteiger partial charge < -0.3 is 10.6 Å². The fraction of sp³-hybridized carbons (Fsp3) is 0.357. The highest BCUT2D eigenvalue weighted by Gasteiger charge is 2.17. The Morgan fingerprint density at radius 1 is 1.37 bits per heavy atom. The van der Waals surface area contributed by atoms with Gasteiger partial charge in [0.1, 0.15) is 5.52 Å². The van der Waals surface area contributed by atoms with Crippen LogP contribution in [0.25, 0.3) is 11.0 Å². The molecule has 5 heteroatoms. The van der Waals surface area contributed by atoms with Gasteiger partial charge in [0.25, 0.3) is 5.91 Å². The molecule has 3 rings (SSSR count). The maximum atomic E-state index is 12.2. The minimum Gasteiger partial charge on any atom is -0.352 e. The molecule has 98 valence electrons. The smallest absolute Gasteiger partial charge is 0.253 e. The lowest BCUT2D eigenvalue weighted by molar-refractivity contribution is 0.0949. The van der Waals surface area contributed by atoms with Crippen LogP contribution in [0.2, 0.25) is 0 Å². The standard InChI is InChI=1S/C14H16N4O/c19-14(18-9-10-4-5-15-8-10)11-2-1-3-12-13(11)17-7-6-16-12/h1-3,6-7,10,15H,4-5,8-9H2,(H,18,19). The highest BCUT2D eigenvalue weighted by atomic mass is 16.1. The lowest BCUT2D eigenvalue weighted by Crippen LogP contribution is -2.30. The molecule has 19 heavy (non-hydrogen) atoms. The third-order valence-electron chi connectivity index (χ3n) is 3.46. The fourth-order valence-corrected chi connectivity index (χ4v) is 2.40. The van der Waals surface area contributed by atoms with E-state index in [0.717, 1.165) is 25.0 Å². The van der Waals surface area contributed by atoms with E-state index in [-0.39, 0.29) is 5.91 Å². The molecule has 1 aromatic heterocycles. The maximum Gasteiger partial charge on any atom is 0.253 e. The monoisotopic (exact) mass is 256 g/mol. The van der Waals surface area contributed by atoms with Crippen LogP contribution in [-0.4, -0.2) is 35.5 Å². The minimum absolute atomic E-state index is 0.0713. The number of hydrogen-bond acceptors (Lipinski definition) is 4. The first-order valence-electron chi connectivity index (χ1n) is 6.53. The number of benzene rings is 1. The van der Waals surface area contributed by atoms with Crippen molar-refractivity contribution >= 4 is 16.9 Å². The molecule has 0 radical (unpaired) electrons. The predicted molar refractivity (Wildman–Crippen MR) is 72.8 cm³/mol. The predicted octanol–water partition coefficient (Wildman–Crippen LogP) is 0.969. The van der Waals surface area contributed by atoms with Crippen molar-refractivity contribution in [3.8, 4) is 0 Å². The van der Waals surface area contributed by atoms with Crippen LogP contribution in [0.3, 0.4) is 0 Å². The summed E-state index contributed by atoms with van der Waals surface area (Å²) in [5.74, 6) is 0.461. The number of carbonyl (C=O) groups is 1. The van der Waals surface area contributed by atoms with Crippen LogP contribution in [-0.2, 0) is 0 Å². The van der Waals surface area contributed by atoms with Crippen molar-refractivity contribution in [1.82, 2.24) is 20.6 Å². The van der Waals surface area contributed by atoms with Crippen molar-refractivity contribution in [2.24, 2.45) is 5.92 Å². The van der Waals surface area contributed by atoms with Gasteiger partial charge in [0, 0.05) is 18.9 Å². The summed E-state index contributed by atoms with van der Waals surface area (Å²) in [6.45, 7) is 2.73. The Morgan fingerprint density at radius 3 is 3.11 bits per heavy atom. The summed E-state index contributed by atoms with van der Waals surface area (Å²) in [6.07, 6.45) is 4.36. The molecule has 1 unspecified atom stereocenters. The number of hydrogen-bond donors (Lipinski definition) is 2. The first-order chi connectivity index (χ1) is 9.34. The van der Waals surface area contributed by atoms with Crippen molar-refractivity contribution in [3.63, 3.8) is 0 Å². The average molecular weight is 256 g/mol. The van der Waals surface area contributed by atoms with Crippen molar-refractivity contribution in [2.45, 2.75) is 6.42 Å². The van der Waals surface area contributed by atoms with Gasteiger partial charge in [0.15, 0.2) is 0 Å². The molecule has 1 aliphatic rings. The molecule has 0 spiro atoms. The molecular formula is C14H16N4O. The van der Waals surface area contributed by atoms with Crippen LogP contribution in [0.1, 0.15) is 16.8 Å². The molecule has 2 N–H and O–H groups in total. The van der Waals surface area contributed by atoms with Crippen LogP contribution in [0.15, 0.2) is 30.6 Å². The summed E-state index contributed by atoms with van der Waals surface area (Å²) in [5.41, 5.74) is 2.00. The summed E-state index contributed by atoms with van der Waals surface area (Å²) in [6, 6.07) is 5.49. The highest BCUT2D eigenvalue weighted by Crippen LogP contribution is 2.14. The zero-order valence-electron chi connectivity index (χ0n) is 10.6. The molecular weight excluding hydrogens is 240 g/mol. The molecule has 1 saturated heterocycles. The second-order valence-corrected chi connectivity index (χ2v) is 4.80. The third kappa shape index (κ3) is 2.56. The quantitative estimate of drug-likeness (QED) is 0.858. The van der Waals surface area contributed by atoms with Crippen LogP contribution < -0.4 is 10.6 Å². The van der Waals surface area contributed by atoms with Gasteiger partial charge in [0.2, 0.25) is 0 Å². The lowest BCUT2D eigenvalue weighted by atomic mass is 10.1. The van der Waals surface area contributed by atoms with E-state index in [1.165, 1.54) is 0 Å². The van der Waals surface area contributed by atoms with Gasteiger partial charge >= 0.3 is 0 Å². The van der Waals surface area contributed by atoms with Crippen LogP contribution in [0.4, 0.5) is 0 Å². The van der Waals surface area contributed by atoms with E-state index < -0.39 is 0 Å². The van der Waals surface area contributed by atoms with Crippen molar-refractivity contribution in [1.29, 1.82) is 0 Å². The lowest BCUT2D eigenvalue weighted by Gasteiger charge is -2.10. The Morgan fingerprint density at radius 2 is 2.26 bits per heavy atom. The van der Waals surface area contributed by atoms with E-state index in [9.17, 15) is 4.79 Å². The summed E-state index contributed by atoms with van der Waals surface area (Å²) in [7, 11) is 0. The number of nitrogens with zero attached hydrogens (tertiary/aromatic N) is 2. The van der Waals surface area contributed by atoms with E-state index >= 15 is 0 Å². The van der Waals surface area contributed by atoms with Crippen molar-refractivity contribution in [2.75, 3.05) is 19.6 Å². The Bertz CT molecular complexity index is 588.